The van der Waals surface area contributed by atoms with E-state index in [4.69, 9.17) is 15.0 Å². The number of fused-ring (bicyclic) bond motifs is 4. The normalized spacial score (nSPS) is 11.4. The fourth-order valence-corrected chi connectivity index (χ4v) is 9.27. The molecule has 0 unspecified atom stereocenters. The van der Waals surface area contributed by atoms with E-state index in [9.17, 15) is 0 Å². The quantitative estimate of drug-likeness (QED) is 0.150. The molecule has 3 heteroatoms. The molecular formula is C61H39N3. The highest BCUT2D eigenvalue weighted by atomic mass is 15.0. The Morgan fingerprint density at radius 3 is 1.03 bits per heavy atom. The lowest BCUT2D eigenvalue weighted by molar-refractivity contribution is 1.07. The lowest BCUT2D eigenvalue weighted by Crippen LogP contribution is -2.00. The van der Waals surface area contributed by atoms with Crippen molar-refractivity contribution in [2.75, 3.05) is 0 Å². The Hall–Kier alpha value is -8.53. The summed E-state index contributed by atoms with van der Waals surface area (Å²) in [5.74, 6) is 1.91. The van der Waals surface area contributed by atoms with Crippen molar-refractivity contribution < 1.29 is 0 Å². The molecule has 0 radical (unpaired) electrons. The van der Waals surface area contributed by atoms with Crippen molar-refractivity contribution in [1.82, 2.24) is 15.0 Å². The summed E-state index contributed by atoms with van der Waals surface area (Å²) in [6.07, 6.45) is 0. The summed E-state index contributed by atoms with van der Waals surface area (Å²) < 4.78 is 0. The molecule has 3 nitrogen and oxygen atoms in total. The van der Waals surface area contributed by atoms with Crippen LogP contribution in [0.3, 0.4) is 0 Å². The first-order chi connectivity index (χ1) is 31.7. The Morgan fingerprint density at radius 1 is 0.188 bits per heavy atom. The van der Waals surface area contributed by atoms with Crippen LogP contribution in [0.25, 0.3) is 122 Å². The molecule has 12 rings (SSSR count). The summed E-state index contributed by atoms with van der Waals surface area (Å²) in [4.78, 5) is 15.1. The number of hydrogen-bond acceptors (Lipinski definition) is 3. The third-order valence-corrected chi connectivity index (χ3v) is 12.5. The van der Waals surface area contributed by atoms with Crippen LogP contribution in [0.1, 0.15) is 0 Å². The minimum atomic E-state index is 0.631. The Balaban J connectivity index is 0.997. The Morgan fingerprint density at radius 2 is 0.516 bits per heavy atom. The van der Waals surface area contributed by atoms with E-state index < -0.39 is 0 Å². The number of rotatable bonds is 7. The highest BCUT2D eigenvalue weighted by Crippen LogP contribution is 2.46. The van der Waals surface area contributed by atoms with Crippen LogP contribution in [0.2, 0.25) is 0 Å². The molecule has 1 heterocycles. The second kappa shape index (κ2) is 15.7. The van der Waals surface area contributed by atoms with Gasteiger partial charge in [-0.15, -0.1) is 0 Å². The SMILES string of the molecule is c1ccc(-c2ccc(-c3nc(-c4ccccc4)nc(-c4ccc(-c5ccc6c(-c7ccc8ccccc8c7)c7ccccc7c(-c7ccc8ccccc8c7)c6c5)cc4)n3)cc2)cc1. The molecule has 11 aromatic carbocycles. The number of hydrogen-bond donors (Lipinski definition) is 0. The zero-order valence-corrected chi connectivity index (χ0v) is 34.9. The van der Waals surface area contributed by atoms with Gasteiger partial charge in [-0.25, -0.2) is 15.0 Å². The van der Waals surface area contributed by atoms with Gasteiger partial charge in [0.25, 0.3) is 0 Å². The minimum Gasteiger partial charge on any atom is -0.208 e. The first-order valence-corrected chi connectivity index (χ1v) is 21.8. The predicted octanol–water partition coefficient (Wildman–Crippen LogP) is 16.2. The van der Waals surface area contributed by atoms with Gasteiger partial charge in [-0.05, 0) is 106 Å². The molecule has 0 atom stereocenters. The zero-order chi connectivity index (χ0) is 42.4. The predicted molar refractivity (Wildman–Crippen MR) is 268 cm³/mol. The summed E-state index contributed by atoms with van der Waals surface area (Å²) >= 11 is 0. The second-order valence-electron chi connectivity index (χ2n) is 16.4. The maximum Gasteiger partial charge on any atom is 0.164 e. The Kier molecular flexibility index (Phi) is 9.16. The van der Waals surface area contributed by atoms with Crippen LogP contribution < -0.4 is 0 Å². The first kappa shape index (κ1) is 37.2. The molecule has 0 bridgehead atoms. The maximum atomic E-state index is 5.08. The standard InChI is InChI=1S/C61H39N3/c1-3-13-40(14-4-1)43-23-29-46(30-24-43)60-62-59(45-17-5-2-6-18-45)63-61(64-60)47-31-25-44(26-32-47)50-35-36-55-56(39-50)58(52-34-28-42-16-8-10-20-49(42)38-52)54-22-12-11-21-53(54)57(55)51-33-27-41-15-7-9-19-48(41)37-51/h1-39H. The van der Waals surface area contributed by atoms with Gasteiger partial charge in [0, 0.05) is 16.7 Å². The van der Waals surface area contributed by atoms with Crippen molar-refractivity contribution in [3.05, 3.63) is 237 Å². The molecule has 0 aliphatic rings. The lowest BCUT2D eigenvalue weighted by atomic mass is 9.84. The average Bonchev–Trinajstić information content (AvgIpc) is 3.38. The van der Waals surface area contributed by atoms with E-state index in [2.05, 4.69) is 200 Å². The molecule has 1 aromatic heterocycles. The molecular weight excluding hydrogens is 775 g/mol. The van der Waals surface area contributed by atoms with Gasteiger partial charge in [0.2, 0.25) is 0 Å². The fourth-order valence-electron chi connectivity index (χ4n) is 9.27. The topological polar surface area (TPSA) is 38.7 Å². The van der Waals surface area contributed by atoms with Gasteiger partial charge in [-0.3, -0.25) is 0 Å². The second-order valence-corrected chi connectivity index (χ2v) is 16.4. The van der Waals surface area contributed by atoms with Gasteiger partial charge in [0.15, 0.2) is 17.5 Å². The lowest BCUT2D eigenvalue weighted by Gasteiger charge is -2.19. The largest absolute Gasteiger partial charge is 0.208 e. The first-order valence-electron chi connectivity index (χ1n) is 21.8. The van der Waals surface area contributed by atoms with Crippen LogP contribution in [0.15, 0.2) is 237 Å². The highest BCUT2D eigenvalue weighted by molar-refractivity contribution is 6.22. The van der Waals surface area contributed by atoms with Crippen LogP contribution in [-0.2, 0) is 0 Å². The molecule has 298 valence electrons. The summed E-state index contributed by atoms with van der Waals surface area (Å²) in [5.41, 5.74) is 12.3. The van der Waals surface area contributed by atoms with Gasteiger partial charge in [0.1, 0.15) is 0 Å². The fraction of sp³-hybridized carbons (Fsp3) is 0. The van der Waals surface area contributed by atoms with Gasteiger partial charge in [0.05, 0.1) is 0 Å². The number of aromatic nitrogens is 3. The summed E-state index contributed by atoms with van der Waals surface area (Å²) in [6.45, 7) is 0. The molecule has 0 saturated heterocycles. The van der Waals surface area contributed by atoms with E-state index in [1.54, 1.807) is 0 Å². The molecule has 0 spiro atoms. The minimum absolute atomic E-state index is 0.631. The molecule has 0 fully saturated rings. The summed E-state index contributed by atoms with van der Waals surface area (Å²) in [7, 11) is 0. The van der Waals surface area contributed by atoms with Gasteiger partial charge >= 0.3 is 0 Å². The maximum absolute atomic E-state index is 5.08. The number of benzene rings is 11. The van der Waals surface area contributed by atoms with Crippen molar-refractivity contribution in [2.24, 2.45) is 0 Å². The van der Waals surface area contributed by atoms with Crippen molar-refractivity contribution in [1.29, 1.82) is 0 Å². The highest BCUT2D eigenvalue weighted by Gasteiger charge is 2.19. The van der Waals surface area contributed by atoms with Crippen molar-refractivity contribution in [2.45, 2.75) is 0 Å². The smallest absolute Gasteiger partial charge is 0.164 e. The molecule has 12 aromatic rings. The van der Waals surface area contributed by atoms with Crippen molar-refractivity contribution in [3.8, 4) is 78.7 Å². The molecule has 0 N–H and O–H groups in total. The van der Waals surface area contributed by atoms with Gasteiger partial charge in [-0.1, -0.05) is 218 Å². The number of nitrogens with zero attached hydrogens (tertiary/aromatic N) is 3. The van der Waals surface area contributed by atoms with Crippen LogP contribution in [0.4, 0.5) is 0 Å². The monoisotopic (exact) mass is 813 g/mol. The van der Waals surface area contributed by atoms with Gasteiger partial charge < -0.3 is 0 Å². The van der Waals surface area contributed by atoms with Crippen LogP contribution >= 0.6 is 0 Å². The third-order valence-electron chi connectivity index (χ3n) is 12.5. The van der Waals surface area contributed by atoms with E-state index in [0.29, 0.717) is 17.5 Å². The molecule has 0 aliphatic carbocycles. The van der Waals surface area contributed by atoms with E-state index in [-0.39, 0.29) is 0 Å². The van der Waals surface area contributed by atoms with Crippen LogP contribution in [-0.4, -0.2) is 15.0 Å². The average molecular weight is 814 g/mol. The van der Waals surface area contributed by atoms with E-state index in [1.807, 2.05) is 36.4 Å². The Labute approximate surface area is 371 Å². The van der Waals surface area contributed by atoms with Crippen LogP contribution in [0.5, 0.6) is 0 Å². The van der Waals surface area contributed by atoms with E-state index >= 15 is 0 Å². The van der Waals surface area contributed by atoms with Gasteiger partial charge in [-0.2, -0.15) is 0 Å². The summed E-state index contributed by atoms with van der Waals surface area (Å²) in [5, 5.41) is 9.83. The zero-order valence-electron chi connectivity index (χ0n) is 34.9. The Bertz CT molecular complexity index is 3690. The third kappa shape index (κ3) is 6.77. The van der Waals surface area contributed by atoms with E-state index in [1.165, 1.54) is 70.9 Å². The van der Waals surface area contributed by atoms with E-state index in [0.717, 1.165) is 33.4 Å². The molecule has 0 aliphatic heterocycles. The van der Waals surface area contributed by atoms with Crippen molar-refractivity contribution >= 4 is 43.1 Å². The summed E-state index contributed by atoms with van der Waals surface area (Å²) in [6, 6.07) is 84.5. The molecule has 0 amide bonds. The molecule has 64 heavy (non-hydrogen) atoms. The molecule has 0 saturated carbocycles. The van der Waals surface area contributed by atoms with Crippen molar-refractivity contribution in [3.63, 3.8) is 0 Å². The van der Waals surface area contributed by atoms with Crippen LogP contribution in [0, 0.1) is 0 Å².